The number of carboxylic acids is 1. The van der Waals surface area contributed by atoms with Crippen molar-refractivity contribution in [1.29, 1.82) is 0 Å². The van der Waals surface area contributed by atoms with Gasteiger partial charge in [0.05, 0.1) is 18.2 Å². The Morgan fingerprint density at radius 3 is 2.57 bits per heavy atom. The van der Waals surface area contributed by atoms with Gasteiger partial charge in [-0.05, 0) is 49.9 Å². The highest BCUT2D eigenvalue weighted by molar-refractivity contribution is 5.74. The third-order valence-electron chi connectivity index (χ3n) is 5.42. The van der Waals surface area contributed by atoms with Crippen LogP contribution in [0.3, 0.4) is 0 Å². The summed E-state index contributed by atoms with van der Waals surface area (Å²) in [5, 5.41) is 9.31. The first-order chi connectivity index (χ1) is 14.6. The molecule has 2 heterocycles. The van der Waals surface area contributed by atoms with E-state index in [1.165, 1.54) is 0 Å². The Kier molecular flexibility index (Phi) is 8.02. The summed E-state index contributed by atoms with van der Waals surface area (Å²) < 4.78 is 10.7. The van der Waals surface area contributed by atoms with E-state index in [4.69, 9.17) is 19.4 Å². The molecule has 1 aliphatic heterocycles. The second-order valence-corrected chi connectivity index (χ2v) is 7.60. The topological polar surface area (TPSA) is 84.8 Å². The third-order valence-corrected chi connectivity index (χ3v) is 5.42. The molecule has 7 nitrogen and oxygen atoms in total. The molecule has 7 heteroatoms. The molecular formula is C23H31N3O4. The number of aromatic nitrogens is 2. The molecule has 0 radical (unpaired) electrons. The summed E-state index contributed by atoms with van der Waals surface area (Å²) in [6, 6.07) is 7.84. The number of methoxy groups -OCH3 is 1. The van der Waals surface area contributed by atoms with Crippen molar-refractivity contribution in [3.8, 4) is 17.0 Å². The van der Waals surface area contributed by atoms with Gasteiger partial charge in [-0.15, -0.1) is 0 Å². The maximum atomic E-state index is 11.3. The number of carboxylic acid groups (broad SMARTS) is 1. The second-order valence-electron chi connectivity index (χ2n) is 7.60. The van der Waals surface area contributed by atoms with Crippen molar-refractivity contribution in [3.63, 3.8) is 0 Å². The number of carbonyl (C=O) groups is 1. The van der Waals surface area contributed by atoms with Crippen LogP contribution < -0.4 is 9.64 Å². The largest absolute Gasteiger partial charge is 0.491 e. The predicted molar refractivity (Wildman–Crippen MR) is 116 cm³/mol. The number of ether oxygens (including phenoxy) is 2. The van der Waals surface area contributed by atoms with Crippen LogP contribution >= 0.6 is 0 Å². The molecule has 2 aromatic rings. The zero-order valence-corrected chi connectivity index (χ0v) is 17.8. The number of unbranched alkanes of at least 4 members (excludes halogenated alkanes) is 1. The van der Waals surface area contributed by atoms with Crippen molar-refractivity contribution in [1.82, 2.24) is 9.97 Å². The minimum Gasteiger partial charge on any atom is -0.491 e. The van der Waals surface area contributed by atoms with Crippen molar-refractivity contribution < 1.29 is 19.4 Å². The number of benzene rings is 1. The van der Waals surface area contributed by atoms with Crippen molar-refractivity contribution in [3.05, 3.63) is 36.2 Å². The zero-order chi connectivity index (χ0) is 21.3. The molecule has 0 saturated carbocycles. The number of hydrogen-bond acceptors (Lipinski definition) is 6. The van der Waals surface area contributed by atoms with Gasteiger partial charge in [-0.2, -0.15) is 0 Å². The van der Waals surface area contributed by atoms with E-state index in [-0.39, 0.29) is 5.92 Å². The number of anilines is 1. The number of rotatable bonds is 10. The Balaban J connectivity index is 1.83. The fraction of sp³-hybridized carbons (Fsp3) is 0.522. The van der Waals surface area contributed by atoms with Crippen LogP contribution in [-0.4, -0.2) is 54.5 Å². The van der Waals surface area contributed by atoms with Gasteiger partial charge >= 0.3 is 5.97 Å². The first kappa shape index (κ1) is 22.0. The lowest BCUT2D eigenvalue weighted by atomic mass is 9.97. The lowest BCUT2D eigenvalue weighted by Crippen LogP contribution is -2.37. The maximum Gasteiger partial charge on any atom is 0.306 e. The molecule has 30 heavy (non-hydrogen) atoms. The molecule has 1 saturated heterocycles. The first-order valence-electron chi connectivity index (χ1n) is 10.7. The van der Waals surface area contributed by atoms with Crippen LogP contribution in [0.5, 0.6) is 5.75 Å². The van der Waals surface area contributed by atoms with Gasteiger partial charge < -0.3 is 19.5 Å². The van der Waals surface area contributed by atoms with Gasteiger partial charge in [-0.3, -0.25) is 9.78 Å². The smallest absolute Gasteiger partial charge is 0.306 e. The minimum absolute atomic E-state index is 0.274. The minimum atomic E-state index is -0.707. The molecule has 1 aromatic carbocycles. The summed E-state index contributed by atoms with van der Waals surface area (Å²) in [5.74, 6) is 0.652. The predicted octanol–water partition coefficient (Wildman–Crippen LogP) is 3.81. The van der Waals surface area contributed by atoms with Gasteiger partial charge in [0.15, 0.2) is 5.82 Å². The average molecular weight is 414 g/mol. The molecular weight excluding hydrogens is 382 g/mol. The Bertz CT molecular complexity index is 818. The summed E-state index contributed by atoms with van der Waals surface area (Å²) in [7, 11) is 1.65. The van der Waals surface area contributed by atoms with Crippen LogP contribution in [0, 0.1) is 5.92 Å². The summed E-state index contributed by atoms with van der Waals surface area (Å²) in [6.07, 6.45) is 6.19. The van der Waals surface area contributed by atoms with Crippen LogP contribution in [0.4, 0.5) is 5.82 Å². The summed E-state index contributed by atoms with van der Waals surface area (Å²) in [5.41, 5.74) is 2.78. The van der Waals surface area contributed by atoms with Crippen molar-refractivity contribution in [2.75, 3.05) is 38.3 Å². The summed E-state index contributed by atoms with van der Waals surface area (Å²) in [6.45, 7) is 4.56. The van der Waals surface area contributed by atoms with E-state index in [9.17, 15) is 9.90 Å². The Labute approximate surface area is 178 Å². The van der Waals surface area contributed by atoms with Gasteiger partial charge in [0.25, 0.3) is 0 Å². The van der Waals surface area contributed by atoms with Crippen molar-refractivity contribution in [2.24, 2.45) is 5.92 Å². The van der Waals surface area contributed by atoms with Gasteiger partial charge in [0.2, 0.25) is 0 Å². The van der Waals surface area contributed by atoms with E-state index < -0.39 is 5.97 Å². The monoisotopic (exact) mass is 413 g/mol. The zero-order valence-electron chi connectivity index (χ0n) is 17.8. The molecule has 3 rings (SSSR count). The molecule has 0 aliphatic carbocycles. The standard InChI is InChI=1S/C23H31N3O4/c1-3-4-5-19-16-24-21(17-6-8-20(9-7-17)30-15-14-29-2)22(25-19)26-12-10-18(11-13-26)23(27)28/h6-9,16,18H,3-5,10-15H2,1-2H3,(H,27,28). The fourth-order valence-corrected chi connectivity index (χ4v) is 3.61. The summed E-state index contributed by atoms with van der Waals surface area (Å²) >= 11 is 0. The lowest BCUT2D eigenvalue weighted by molar-refractivity contribution is -0.142. The number of aliphatic carboxylic acids is 1. The number of nitrogens with zero attached hydrogens (tertiary/aromatic N) is 3. The van der Waals surface area contributed by atoms with Crippen LogP contribution in [-0.2, 0) is 16.0 Å². The molecule has 0 atom stereocenters. The van der Waals surface area contributed by atoms with Crippen LogP contribution in [0.1, 0.15) is 38.3 Å². The van der Waals surface area contributed by atoms with Gasteiger partial charge in [0.1, 0.15) is 18.1 Å². The first-order valence-corrected chi connectivity index (χ1v) is 10.7. The van der Waals surface area contributed by atoms with E-state index in [1.54, 1.807) is 7.11 Å². The highest BCUT2D eigenvalue weighted by Gasteiger charge is 2.27. The third kappa shape index (κ3) is 5.69. The molecule has 1 fully saturated rings. The van der Waals surface area contributed by atoms with E-state index in [1.807, 2.05) is 30.5 Å². The Hall–Kier alpha value is -2.67. The second kappa shape index (κ2) is 10.9. The molecule has 1 N–H and O–H groups in total. The number of hydrogen-bond donors (Lipinski definition) is 1. The van der Waals surface area contributed by atoms with Crippen molar-refractivity contribution >= 4 is 11.8 Å². The fourth-order valence-electron chi connectivity index (χ4n) is 3.61. The van der Waals surface area contributed by atoms with Crippen LogP contribution in [0.15, 0.2) is 30.5 Å². The molecule has 0 amide bonds. The maximum absolute atomic E-state index is 11.3. The highest BCUT2D eigenvalue weighted by atomic mass is 16.5. The van der Waals surface area contributed by atoms with Crippen molar-refractivity contribution in [2.45, 2.75) is 39.0 Å². The average Bonchev–Trinajstić information content (AvgIpc) is 2.78. The summed E-state index contributed by atoms with van der Waals surface area (Å²) in [4.78, 5) is 23.2. The Morgan fingerprint density at radius 1 is 1.20 bits per heavy atom. The van der Waals surface area contributed by atoms with E-state index in [0.29, 0.717) is 39.1 Å². The Morgan fingerprint density at radius 2 is 1.93 bits per heavy atom. The molecule has 1 aliphatic rings. The van der Waals surface area contributed by atoms with E-state index in [2.05, 4.69) is 11.8 Å². The van der Waals surface area contributed by atoms with E-state index in [0.717, 1.165) is 47.8 Å². The van der Waals surface area contributed by atoms with Gasteiger partial charge in [-0.25, -0.2) is 4.98 Å². The highest BCUT2D eigenvalue weighted by Crippen LogP contribution is 2.31. The lowest BCUT2D eigenvalue weighted by Gasteiger charge is -2.32. The quantitative estimate of drug-likeness (QED) is 0.593. The molecule has 0 spiro atoms. The molecule has 0 bridgehead atoms. The normalized spacial score (nSPS) is 14.7. The molecule has 0 unspecified atom stereocenters. The van der Waals surface area contributed by atoms with E-state index >= 15 is 0 Å². The SMILES string of the molecule is CCCCc1cnc(-c2ccc(OCCOC)cc2)c(N2CCC(C(=O)O)CC2)n1. The number of aryl methyl sites for hydroxylation is 1. The van der Waals surface area contributed by atoms with Gasteiger partial charge in [0, 0.05) is 32.0 Å². The van der Waals surface area contributed by atoms with Gasteiger partial charge in [-0.1, -0.05) is 13.3 Å². The van der Waals surface area contributed by atoms with Crippen LogP contribution in [0.2, 0.25) is 0 Å². The molecule has 162 valence electrons. The molecule has 1 aromatic heterocycles. The number of piperidine rings is 1. The van der Waals surface area contributed by atoms with Crippen LogP contribution in [0.25, 0.3) is 11.3 Å².